The number of benzene rings is 3. The molecule has 114 valence electrons. The predicted molar refractivity (Wildman–Crippen MR) is 105 cm³/mol. The lowest BCUT2D eigenvalue weighted by molar-refractivity contribution is 0.992. The van der Waals surface area contributed by atoms with Gasteiger partial charge in [0.2, 0.25) is 0 Å². The average Bonchev–Trinajstić information content (AvgIpc) is 2.89. The smallest absolute Gasteiger partial charge is 0.0983 e. The molecule has 0 N–H and O–H groups in total. The maximum absolute atomic E-state index is 3.56. The Morgan fingerprint density at radius 3 is 2.70 bits per heavy atom. The van der Waals surface area contributed by atoms with Crippen LogP contribution in [0.3, 0.4) is 0 Å². The maximum Gasteiger partial charge on any atom is 0.0983 e. The maximum atomic E-state index is 3.56. The molecule has 0 aliphatic carbocycles. The molecule has 3 aromatic rings. The van der Waals surface area contributed by atoms with Gasteiger partial charge in [-0.25, -0.2) is 0 Å². The van der Waals surface area contributed by atoms with E-state index in [1.54, 1.807) is 0 Å². The van der Waals surface area contributed by atoms with Crippen molar-refractivity contribution in [1.29, 1.82) is 0 Å². The molecule has 0 aromatic heterocycles. The lowest BCUT2D eigenvalue weighted by Crippen LogP contribution is -2.21. The molecule has 0 bridgehead atoms. The van der Waals surface area contributed by atoms with Gasteiger partial charge in [0.25, 0.3) is 0 Å². The van der Waals surface area contributed by atoms with Gasteiger partial charge in [0.1, 0.15) is 0 Å². The van der Waals surface area contributed by atoms with Gasteiger partial charge >= 0.3 is 0 Å². The second-order valence-electron chi connectivity index (χ2n) is 5.70. The van der Waals surface area contributed by atoms with E-state index in [4.69, 9.17) is 0 Å². The van der Waals surface area contributed by atoms with Gasteiger partial charge in [-0.05, 0) is 40.6 Å². The number of anilines is 1. The van der Waals surface area contributed by atoms with Gasteiger partial charge in [-0.2, -0.15) is 0 Å². The van der Waals surface area contributed by atoms with E-state index in [1.165, 1.54) is 26.9 Å². The van der Waals surface area contributed by atoms with Crippen molar-refractivity contribution in [2.45, 2.75) is 10.3 Å². The van der Waals surface area contributed by atoms with Crippen molar-refractivity contribution in [2.24, 2.45) is 0 Å². The van der Waals surface area contributed by atoms with Gasteiger partial charge in [-0.1, -0.05) is 76.2 Å². The van der Waals surface area contributed by atoms with Crippen molar-refractivity contribution >= 4 is 50.2 Å². The summed E-state index contributed by atoms with van der Waals surface area (Å²) in [6.07, 6.45) is 4.50. The van der Waals surface area contributed by atoms with Crippen molar-refractivity contribution in [2.75, 3.05) is 11.9 Å². The third kappa shape index (κ3) is 2.91. The highest BCUT2D eigenvalue weighted by molar-refractivity contribution is 9.10. The zero-order chi connectivity index (χ0) is 15.8. The van der Waals surface area contributed by atoms with Crippen LogP contribution < -0.4 is 4.90 Å². The molecule has 3 heteroatoms. The van der Waals surface area contributed by atoms with Gasteiger partial charge in [0.15, 0.2) is 0 Å². The SMILES string of the molecule is CN1c2cc(Br)ccc2SC1C=Cc1ccc2ccccc2c1. The van der Waals surface area contributed by atoms with E-state index in [9.17, 15) is 0 Å². The Balaban J connectivity index is 1.59. The molecule has 1 aliphatic heterocycles. The van der Waals surface area contributed by atoms with Crippen LogP contribution in [-0.4, -0.2) is 12.4 Å². The topological polar surface area (TPSA) is 3.24 Å². The van der Waals surface area contributed by atoms with E-state index in [0.717, 1.165) is 4.47 Å². The lowest BCUT2D eigenvalue weighted by Gasteiger charge is -2.18. The largest absolute Gasteiger partial charge is 0.358 e. The first-order valence-electron chi connectivity index (χ1n) is 7.57. The molecule has 0 radical (unpaired) electrons. The standard InChI is InChI=1S/C20H16BrNS/c1-22-18-13-17(21)9-10-19(18)23-20(22)11-7-14-6-8-15-4-2-3-5-16(15)12-14/h2-13,20H,1H3. The highest BCUT2D eigenvalue weighted by Gasteiger charge is 2.25. The second-order valence-corrected chi connectivity index (χ2v) is 7.77. The molecule has 1 atom stereocenters. The van der Waals surface area contributed by atoms with Gasteiger partial charge in [0, 0.05) is 16.4 Å². The highest BCUT2D eigenvalue weighted by atomic mass is 79.9. The number of likely N-dealkylation sites (N-methyl/N-ethyl adjacent to an activating group) is 1. The Labute approximate surface area is 149 Å². The molecule has 1 heterocycles. The summed E-state index contributed by atoms with van der Waals surface area (Å²) in [5, 5.41) is 2.91. The minimum Gasteiger partial charge on any atom is -0.358 e. The van der Waals surface area contributed by atoms with Gasteiger partial charge in [0.05, 0.1) is 11.1 Å². The van der Waals surface area contributed by atoms with Crippen molar-refractivity contribution < 1.29 is 0 Å². The zero-order valence-electron chi connectivity index (χ0n) is 12.7. The number of nitrogens with zero attached hydrogens (tertiary/aromatic N) is 1. The lowest BCUT2D eigenvalue weighted by atomic mass is 10.1. The molecule has 0 saturated heterocycles. The predicted octanol–water partition coefficient (Wildman–Crippen LogP) is 6.18. The normalized spacial score (nSPS) is 17.1. The summed E-state index contributed by atoms with van der Waals surface area (Å²) < 4.78 is 1.13. The number of rotatable bonds is 2. The quantitative estimate of drug-likeness (QED) is 0.520. The molecule has 23 heavy (non-hydrogen) atoms. The number of hydrogen-bond acceptors (Lipinski definition) is 2. The number of thioether (sulfide) groups is 1. The van der Waals surface area contributed by atoms with E-state index in [2.05, 4.69) is 101 Å². The first-order valence-corrected chi connectivity index (χ1v) is 9.24. The summed E-state index contributed by atoms with van der Waals surface area (Å²) in [7, 11) is 2.15. The van der Waals surface area contributed by atoms with Crippen LogP contribution in [-0.2, 0) is 0 Å². The average molecular weight is 382 g/mol. The fourth-order valence-corrected chi connectivity index (χ4v) is 4.39. The third-order valence-corrected chi connectivity index (χ3v) is 5.96. The Morgan fingerprint density at radius 2 is 1.83 bits per heavy atom. The minimum absolute atomic E-state index is 0.339. The number of fused-ring (bicyclic) bond motifs is 2. The summed E-state index contributed by atoms with van der Waals surface area (Å²) in [5.74, 6) is 0. The van der Waals surface area contributed by atoms with Crippen LogP contribution in [0, 0.1) is 0 Å². The monoisotopic (exact) mass is 381 g/mol. The van der Waals surface area contributed by atoms with Gasteiger partial charge < -0.3 is 4.90 Å². The molecule has 1 aliphatic rings. The van der Waals surface area contributed by atoms with Crippen molar-refractivity contribution in [3.05, 3.63) is 76.8 Å². The van der Waals surface area contributed by atoms with E-state index >= 15 is 0 Å². The Hall–Kier alpha value is -1.71. The van der Waals surface area contributed by atoms with E-state index < -0.39 is 0 Å². The number of halogens is 1. The van der Waals surface area contributed by atoms with Crippen LogP contribution in [0.15, 0.2) is 76.1 Å². The summed E-state index contributed by atoms with van der Waals surface area (Å²) in [4.78, 5) is 3.66. The van der Waals surface area contributed by atoms with Crippen LogP contribution in [0.25, 0.3) is 16.8 Å². The second kappa shape index (κ2) is 6.06. The number of hydrogen-bond donors (Lipinski definition) is 0. The summed E-state index contributed by atoms with van der Waals surface area (Å²) in [6.45, 7) is 0. The molecule has 4 rings (SSSR count). The van der Waals surface area contributed by atoms with Crippen LogP contribution in [0.4, 0.5) is 5.69 Å². The molecule has 0 amide bonds. The Kier molecular flexibility index (Phi) is 3.92. The molecule has 3 aromatic carbocycles. The minimum atomic E-state index is 0.339. The van der Waals surface area contributed by atoms with Gasteiger partial charge in [-0.3, -0.25) is 0 Å². The van der Waals surface area contributed by atoms with E-state index in [1.807, 2.05) is 11.8 Å². The fourth-order valence-electron chi connectivity index (χ4n) is 2.89. The first-order chi connectivity index (χ1) is 11.2. The van der Waals surface area contributed by atoms with Crippen LogP contribution in [0.2, 0.25) is 0 Å². The molecular formula is C20H16BrNS. The zero-order valence-corrected chi connectivity index (χ0v) is 15.1. The Morgan fingerprint density at radius 1 is 1.00 bits per heavy atom. The van der Waals surface area contributed by atoms with Crippen molar-refractivity contribution in [3.8, 4) is 0 Å². The van der Waals surface area contributed by atoms with Crippen LogP contribution >= 0.6 is 27.7 Å². The van der Waals surface area contributed by atoms with Crippen molar-refractivity contribution in [3.63, 3.8) is 0 Å². The fraction of sp³-hybridized carbons (Fsp3) is 0.100. The van der Waals surface area contributed by atoms with E-state index in [0.29, 0.717) is 5.37 Å². The summed E-state index contributed by atoms with van der Waals surface area (Å²) in [5.41, 5.74) is 2.53. The molecule has 0 fully saturated rings. The summed E-state index contributed by atoms with van der Waals surface area (Å²) in [6, 6.07) is 21.6. The molecular weight excluding hydrogens is 366 g/mol. The molecule has 0 saturated carbocycles. The van der Waals surface area contributed by atoms with Crippen LogP contribution in [0.1, 0.15) is 5.56 Å². The van der Waals surface area contributed by atoms with Crippen molar-refractivity contribution in [1.82, 2.24) is 0 Å². The van der Waals surface area contributed by atoms with Gasteiger partial charge in [-0.15, -0.1) is 0 Å². The first kappa shape index (κ1) is 14.9. The van der Waals surface area contributed by atoms with E-state index in [-0.39, 0.29) is 0 Å². The Bertz CT molecular complexity index is 903. The molecule has 1 unspecified atom stereocenters. The molecule has 0 spiro atoms. The molecule has 1 nitrogen and oxygen atoms in total. The summed E-state index contributed by atoms with van der Waals surface area (Å²) >= 11 is 5.45. The third-order valence-electron chi connectivity index (χ3n) is 4.16. The highest BCUT2D eigenvalue weighted by Crippen LogP contribution is 2.44. The van der Waals surface area contributed by atoms with Crippen LogP contribution in [0.5, 0.6) is 0 Å².